The largest absolute Gasteiger partial charge is 0.330 e. The molecule has 0 amide bonds. The minimum Gasteiger partial charge on any atom is -0.330 e. The van der Waals surface area contributed by atoms with E-state index < -0.39 is 0 Å². The van der Waals surface area contributed by atoms with Gasteiger partial charge in [0, 0.05) is 29.7 Å². The van der Waals surface area contributed by atoms with Gasteiger partial charge in [-0.25, -0.2) is 0 Å². The van der Waals surface area contributed by atoms with E-state index in [-0.39, 0.29) is 5.41 Å². The molecule has 1 aromatic carbocycles. The molecule has 2 nitrogen and oxygen atoms in total. The molecule has 0 bridgehead atoms. The van der Waals surface area contributed by atoms with Crippen molar-refractivity contribution in [2.24, 2.45) is 11.1 Å². The zero-order valence-electron chi connectivity index (χ0n) is 11.6. The van der Waals surface area contributed by atoms with Crippen LogP contribution in [0.3, 0.4) is 0 Å². The fourth-order valence-corrected chi connectivity index (χ4v) is 3.86. The average Bonchev–Trinajstić information content (AvgIpc) is 2.72. The molecule has 0 saturated carbocycles. The van der Waals surface area contributed by atoms with E-state index in [2.05, 4.69) is 50.1 Å². The lowest BCUT2D eigenvalue weighted by molar-refractivity contribution is 0.209. The Labute approximate surface area is 115 Å². The Morgan fingerprint density at radius 3 is 2.83 bits per heavy atom. The van der Waals surface area contributed by atoms with Gasteiger partial charge in [-0.1, -0.05) is 32.0 Å². The number of rotatable bonds is 5. The number of thioether (sulfide) groups is 1. The van der Waals surface area contributed by atoms with Gasteiger partial charge in [0.15, 0.2) is 0 Å². The van der Waals surface area contributed by atoms with Crippen LogP contribution >= 0.6 is 11.8 Å². The fraction of sp³-hybridized carbons (Fsp3) is 0.600. The van der Waals surface area contributed by atoms with Crippen molar-refractivity contribution in [1.82, 2.24) is 4.90 Å². The first-order valence-electron chi connectivity index (χ1n) is 6.62. The first-order valence-corrected chi connectivity index (χ1v) is 7.61. The lowest BCUT2D eigenvalue weighted by Gasteiger charge is -2.30. The minimum atomic E-state index is 0.208. The van der Waals surface area contributed by atoms with Crippen molar-refractivity contribution < 1.29 is 0 Å². The van der Waals surface area contributed by atoms with Gasteiger partial charge < -0.3 is 10.6 Å². The third-order valence-electron chi connectivity index (χ3n) is 3.58. The molecule has 2 N–H and O–H groups in total. The zero-order valence-corrected chi connectivity index (χ0v) is 12.5. The van der Waals surface area contributed by atoms with Crippen molar-refractivity contribution >= 4 is 11.8 Å². The van der Waals surface area contributed by atoms with Gasteiger partial charge in [0.1, 0.15) is 0 Å². The standard InChI is InChI=1S/C15H24N2S/c1-15(2,10-16)11-17(3)8-12-9-18-14-7-5-4-6-13(12)14/h4-7,12H,8-11,16H2,1-3H3. The summed E-state index contributed by atoms with van der Waals surface area (Å²) in [7, 11) is 2.21. The monoisotopic (exact) mass is 264 g/mol. The molecule has 1 aromatic rings. The summed E-state index contributed by atoms with van der Waals surface area (Å²) in [6.07, 6.45) is 0. The highest BCUT2D eigenvalue weighted by Gasteiger charge is 2.25. The van der Waals surface area contributed by atoms with E-state index in [1.807, 2.05) is 11.8 Å². The van der Waals surface area contributed by atoms with Crippen LogP contribution in [0.5, 0.6) is 0 Å². The number of nitrogens with two attached hydrogens (primary N) is 1. The highest BCUT2D eigenvalue weighted by atomic mass is 32.2. The summed E-state index contributed by atoms with van der Waals surface area (Å²) in [5, 5.41) is 0. The Balaban J connectivity index is 1.95. The first kappa shape index (κ1) is 13.9. The van der Waals surface area contributed by atoms with E-state index in [1.54, 1.807) is 0 Å². The number of hydrogen-bond donors (Lipinski definition) is 1. The molecule has 100 valence electrons. The second-order valence-corrected chi connectivity index (χ2v) is 7.17. The molecule has 0 spiro atoms. The van der Waals surface area contributed by atoms with E-state index in [0.717, 1.165) is 19.6 Å². The Hall–Kier alpha value is -0.510. The highest BCUT2D eigenvalue weighted by molar-refractivity contribution is 7.99. The van der Waals surface area contributed by atoms with Gasteiger partial charge >= 0.3 is 0 Å². The van der Waals surface area contributed by atoms with Crippen LogP contribution in [0.15, 0.2) is 29.2 Å². The van der Waals surface area contributed by atoms with Gasteiger partial charge in [-0.3, -0.25) is 0 Å². The SMILES string of the molecule is CN(CC1CSc2ccccc21)CC(C)(C)CN. The first-order chi connectivity index (χ1) is 8.52. The molecular formula is C15H24N2S. The summed E-state index contributed by atoms with van der Waals surface area (Å²) in [6, 6.07) is 8.81. The number of benzene rings is 1. The van der Waals surface area contributed by atoms with Gasteiger partial charge in [-0.05, 0) is 30.6 Å². The number of nitrogens with zero attached hydrogens (tertiary/aromatic N) is 1. The Kier molecular flexibility index (Phi) is 4.36. The Morgan fingerprint density at radius 1 is 1.39 bits per heavy atom. The quantitative estimate of drug-likeness (QED) is 0.887. The summed E-state index contributed by atoms with van der Waals surface area (Å²) in [4.78, 5) is 3.90. The summed E-state index contributed by atoms with van der Waals surface area (Å²) >= 11 is 1.99. The second kappa shape index (κ2) is 5.64. The van der Waals surface area contributed by atoms with E-state index >= 15 is 0 Å². The van der Waals surface area contributed by atoms with Gasteiger partial charge in [0.2, 0.25) is 0 Å². The molecule has 2 rings (SSSR count). The van der Waals surface area contributed by atoms with Crippen LogP contribution < -0.4 is 5.73 Å². The smallest absolute Gasteiger partial charge is 0.0108 e. The van der Waals surface area contributed by atoms with Crippen LogP contribution in [0.4, 0.5) is 0 Å². The topological polar surface area (TPSA) is 29.3 Å². The van der Waals surface area contributed by atoms with Crippen LogP contribution in [0.1, 0.15) is 25.3 Å². The predicted octanol–water partition coefficient (Wildman–Crippen LogP) is 2.79. The summed E-state index contributed by atoms with van der Waals surface area (Å²) < 4.78 is 0. The van der Waals surface area contributed by atoms with Crippen LogP contribution in [-0.2, 0) is 0 Å². The minimum absolute atomic E-state index is 0.208. The predicted molar refractivity (Wildman–Crippen MR) is 80.2 cm³/mol. The maximum absolute atomic E-state index is 5.81. The second-order valence-electron chi connectivity index (χ2n) is 6.11. The maximum atomic E-state index is 5.81. The molecule has 1 atom stereocenters. The fourth-order valence-electron chi connectivity index (χ4n) is 2.62. The van der Waals surface area contributed by atoms with Crippen molar-refractivity contribution in [2.45, 2.75) is 24.7 Å². The lowest BCUT2D eigenvalue weighted by atomic mass is 9.92. The van der Waals surface area contributed by atoms with Crippen LogP contribution in [0.25, 0.3) is 0 Å². The van der Waals surface area contributed by atoms with Crippen LogP contribution in [0, 0.1) is 5.41 Å². The van der Waals surface area contributed by atoms with E-state index in [1.165, 1.54) is 16.2 Å². The lowest BCUT2D eigenvalue weighted by Crippen LogP contribution is -2.38. The molecule has 1 heterocycles. The summed E-state index contributed by atoms with van der Waals surface area (Å²) in [5.74, 6) is 1.89. The van der Waals surface area contributed by atoms with E-state index in [4.69, 9.17) is 5.73 Å². The average molecular weight is 264 g/mol. The normalized spacial score (nSPS) is 19.3. The number of likely N-dealkylation sites (N-methyl/N-ethyl adjacent to an activating group) is 1. The molecule has 0 aliphatic carbocycles. The molecule has 1 aliphatic rings. The van der Waals surface area contributed by atoms with Crippen molar-refractivity contribution in [3.63, 3.8) is 0 Å². The molecule has 1 aliphatic heterocycles. The molecule has 1 unspecified atom stereocenters. The number of hydrogen-bond acceptors (Lipinski definition) is 3. The summed E-state index contributed by atoms with van der Waals surface area (Å²) in [5.41, 5.74) is 7.54. The van der Waals surface area contributed by atoms with Crippen molar-refractivity contribution in [3.05, 3.63) is 29.8 Å². The van der Waals surface area contributed by atoms with Crippen molar-refractivity contribution in [1.29, 1.82) is 0 Å². The summed E-state index contributed by atoms with van der Waals surface area (Å²) in [6.45, 7) is 7.41. The maximum Gasteiger partial charge on any atom is 0.0108 e. The van der Waals surface area contributed by atoms with Gasteiger partial charge in [0.05, 0.1) is 0 Å². The molecule has 0 aromatic heterocycles. The van der Waals surface area contributed by atoms with Crippen LogP contribution in [-0.4, -0.2) is 37.3 Å². The van der Waals surface area contributed by atoms with Gasteiger partial charge in [-0.2, -0.15) is 0 Å². The Morgan fingerprint density at radius 2 is 2.11 bits per heavy atom. The van der Waals surface area contributed by atoms with Crippen molar-refractivity contribution in [2.75, 3.05) is 32.4 Å². The zero-order chi connectivity index (χ0) is 13.2. The Bertz CT molecular complexity index is 403. The van der Waals surface area contributed by atoms with Crippen LogP contribution in [0.2, 0.25) is 0 Å². The third-order valence-corrected chi connectivity index (χ3v) is 4.83. The van der Waals surface area contributed by atoms with E-state index in [9.17, 15) is 0 Å². The van der Waals surface area contributed by atoms with E-state index in [0.29, 0.717) is 5.92 Å². The molecule has 3 heteroatoms. The third kappa shape index (κ3) is 3.28. The van der Waals surface area contributed by atoms with Crippen molar-refractivity contribution in [3.8, 4) is 0 Å². The van der Waals surface area contributed by atoms with Gasteiger partial charge in [-0.15, -0.1) is 11.8 Å². The molecular weight excluding hydrogens is 240 g/mol. The number of fused-ring (bicyclic) bond motifs is 1. The molecule has 0 radical (unpaired) electrons. The highest BCUT2D eigenvalue weighted by Crippen LogP contribution is 2.39. The van der Waals surface area contributed by atoms with Gasteiger partial charge in [0.25, 0.3) is 0 Å². The molecule has 0 fully saturated rings. The molecule has 0 saturated heterocycles. The molecule has 18 heavy (non-hydrogen) atoms.